The van der Waals surface area contributed by atoms with Crippen LogP contribution in [0.2, 0.25) is 0 Å². The van der Waals surface area contributed by atoms with Crippen molar-refractivity contribution in [1.29, 1.82) is 0 Å². The Kier molecular flexibility index (Phi) is 13.5. The van der Waals surface area contributed by atoms with Crippen LogP contribution >= 0.6 is 35.7 Å². The van der Waals surface area contributed by atoms with Crippen LogP contribution in [0.5, 0.6) is 5.88 Å². The van der Waals surface area contributed by atoms with E-state index in [0.29, 0.717) is 12.4 Å². The van der Waals surface area contributed by atoms with E-state index in [2.05, 4.69) is 33.8 Å². The Labute approximate surface area is 155 Å². The van der Waals surface area contributed by atoms with E-state index < -0.39 is 0 Å². The third-order valence-electron chi connectivity index (χ3n) is 2.84. The summed E-state index contributed by atoms with van der Waals surface area (Å²) in [6.45, 7) is 4.49. The van der Waals surface area contributed by atoms with Gasteiger partial charge in [0.2, 0.25) is 5.88 Å². The minimum absolute atomic E-state index is 0. The molecule has 5 nitrogen and oxygen atoms in total. The largest absolute Gasteiger partial charge is 0.481 e. The van der Waals surface area contributed by atoms with E-state index in [9.17, 15) is 0 Å². The third-order valence-corrected chi connectivity index (χ3v) is 3.54. The van der Waals surface area contributed by atoms with Crippen LogP contribution in [0, 0.1) is 0 Å². The second-order valence-corrected chi connectivity index (χ2v) is 5.52. The summed E-state index contributed by atoms with van der Waals surface area (Å²) in [4.78, 5) is 8.75. The molecule has 1 heterocycles. The first-order valence-corrected chi connectivity index (χ1v) is 8.69. The van der Waals surface area contributed by atoms with Crippen molar-refractivity contribution in [2.24, 2.45) is 4.99 Å². The average Bonchev–Trinajstić information content (AvgIpc) is 2.52. The second-order valence-electron chi connectivity index (χ2n) is 4.53. The predicted octanol–water partition coefficient (Wildman–Crippen LogP) is 2.91. The summed E-state index contributed by atoms with van der Waals surface area (Å²) < 4.78 is 5.05. The van der Waals surface area contributed by atoms with Gasteiger partial charge in [-0.05, 0) is 37.3 Å². The number of methoxy groups -OCH3 is 1. The number of pyridine rings is 1. The highest BCUT2D eigenvalue weighted by Gasteiger charge is 1.98. The minimum Gasteiger partial charge on any atom is -0.481 e. The second kappa shape index (κ2) is 13.9. The van der Waals surface area contributed by atoms with E-state index in [-0.39, 0.29) is 24.0 Å². The van der Waals surface area contributed by atoms with Gasteiger partial charge in [0.05, 0.1) is 13.7 Å². The van der Waals surface area contributed by atoms with Crippen LogP contribution in [0.1, 0.15) is 25.3 Å². The van der Waals surface area contributed by atoms with Gasteiger partial charge >= 0.3 is 0 Å². The van der Waals surface area contributed by atoms with Gasteiger partial charge in [0.1, 0.15) is 0 Å². The highest BCUT2D eigenvalue weighted by molar-refractivity contribution is 14.0. The Bertz CT molecular complexity index is 415. The number of nitrogens with zero attached hydrogens (tertiary/aromatic N) is 2. The fourth-order valence-electron chi connectivity index (χ4n) is 1.72. The number of rotatable bonds is 9. The summed E-state index contributed by atoms with van der Waals surface area (Å²) in [6.07, 6.45) is 6.33. The number of hydrogen-bond donors (Lipinski definition) is 2. The van der Waals surface area contributed by atoms with Crippen molar-refractivity contribution < 1.29 is 4.74 Å². The van der Waals surface area contributed by atoms with E-state index in [4.69, 9.17) is 4.74 Å². The summed E-state index contributed by atoms with van der Waals surface area (Å²) >= 11 is 1.89. The molecule has 0 bridgehead atoms. The van der Waals surface area contributed by atoms with Crippen LogP contribution in [0.3, 0.4) is 0 Å². The molecular formula is C15H27IN4OS. The zero-order valence-corrected chi connectivity index (χ0v) is 16.7. The summed E-state index contributed by atoms with van der Waals surface area (Å²) in [6, 6.07) is 3.84. The number of aromatic nitrogens is 1. The molecule has 1 rings (SSSR count). The van der Waals surface area contributed by atoms with Crippen LogP contribution in [0.15, 0.2) is 23.3 Å². The molecule has 0 radical (unpaired) electrons. The lowest BCUT2D eigenvalue weighted by Crippen LogP contribution is -2.37. The maximum atomic E-state index is 5.05. The number of aliphatic imine (C=N–C) groups is 1. The van der Waals surface area contributed by atoms with Crippen LogP contribution in [-0.4, -0.2) is 43.2 Å². The van der Waals surface area contributed by atoms with Crippen molar-refractivity contribution in [3.05, 3.63) is 23.9 Å². The lowest BCUT2D eigenvalue weighted by molar-refractivity contribution is 0.397. The highest BCUT2D eigenvalue weighted by Crippen LogP contribution is 2.07. The molecule has 0 aromatic carbocycles. The standard InChI is InChI=1S/C15H26N4OS.HI/c1-4-16-15(17-9-5-6-10-21-3)19-12-13-7-8-14(20-2)18-11-13;/h7-8,11H,4-6,9-10,12H2,1-3H3,(H2,16,17,19);1H. The zero-order chi connectivity index (χ0) is 15.3. The van der Waals surface area contributed by atoms with Crippen molar-refractivity contribution in [3.8, 4) is 5.88 Å². The fourth-order valence-corrected chi connectivity index (χ4v) is 2.21. The molecule has 1 aromatic heterocycles. The molecule has 7 heteroatoms. The first-order chi connectivity index (χ1) is 10.3. The number of hydrogen-bond acceptors (Lipinski definition) is 4. The summed E-state index contributed by atoms with van der Waals surface area (Å²) in [5.41, 5.74) is 1.07. The molecule has 0 aliphatic rings. The number of guanidine groups is 1. The molecule has 0 spiro atoms. The molecule has 1 aromatic rings. The van der Waals surface area contributed by atoms with Gasteiger partial charge in [-0.15, -0.1) is 24.0 Å². The van der Waals surface area contributed by atoms with E-state index in [0.717, 1.165) is 31.0 Å². The molecule has 0 amide bonds. The maximum absolute atomic E-state index is 5.05. The number of ether oxygens (including phenoxy) is 1. The van der Waals surface area contributed by atoms with Gasteiger partial charge in [-0.3, -0.25) is 0 Å². The molecule has 22 heavy (non-hydrogen) atoms. The summed E-state index contributed by atoms with van der Waals surface area (Å²) in [5, 5.41) is 6.61. The Morgan fingerprint density at radius 3 is 2.73 bits per heavy atom. The molecule has 2 N–H and O–H groups in total. The van der Waals surface area contributed by atoms with Gasteiger partial charge in [-0.1, -0.05) is 6.07 Å². The smallest absolute Gasteiger partial charge is 0.212 e. The molecule has 126 valence electrons. The lowest BCUT2D eigenvalue weighted by atomic mass is 10.3. The lowest BCUT2D eigenvalue weighted by Gasteiger charge is -2.11. The van der Waals surface area contributed by atoms with Crippen molar-refractivity contribution in [2.75, 3.05) is 32.2 Å². The Balaban J connectivity index is 0.00000441. The number of nitrogens with one attached hydrogen (secondary N) is 2. The van der Waals surface area contributed by atoms with Crippen LogP contribution in [0.4, 0.5) is 0 Å². The number of thioether (sulfide) groups is 1. The summed E-state index contributed by atoms with van der Waals surface area (Å²) in [7, 11) is 1.62. The van der Waals surface area contributed by atoms with Gasteiger partial charge < -0.3 is 15.4 Å². The third kappa shape index (κ3) is 9.34. The molecule has 0 unspecified atom stereocenters. The molecule has 0 aliphatic heterocycles. The summed E-state index contributed by atoms with van der Waals surface area (Å²) in [5.74, 6) is 2.70. The molecular weight excluding hydrogens is 411 g/mol. The van der Waals surface area contributed by atoms with Crippen molar-refractivity contribution in [3.63, 3.8) is 0 Å². The highest BCUT2D eigenvalue weighted by atomic mass is 127. The van der Waals surface area contributed by atoms with Crippen LogP contribution in [-0.2, 0) is 6.54 Å². The number of halogens is 1. The molecule has 0 saturated heterocycles. The Hall–Kier alpha value is -0.700. The van der Waals surface area contributed by atoms with Crippen molar-refractivity contribution >= 4 is 41.7 Å². The maximum Gasteiger partial charge on any atom is 0.212 e. The topological polar surface area (TPSA) is 58.5 Å². The van der Waals surface area contributed by atoms with E-state index >= 15 is 0 Å². The van der Waals surface area contributed by atoms with Gasteiger partial charge in [0.25, 0.3) is 0 Å². The average molecular weight is 438 g/mol. The van der Waals surface area contributed by atoms with Crippen molar-refractivity contribution in [2.45, 2.75) is 26.3 Å². The molecule has 0 saturated carbocycles. The van der Waals surface area contributed by atoms with E-state index in [1.807, 2.05) is 23.9 Å². The van der Waals surface area contributed by atoms with E-state index in [1.54, 1.807) is 13.3 Å². The van der Waals surface area contributed by atoms with Crippen LogP contribution < -0.4 is 15.4 Å². The fraction of sp³-hybridized carbons (Fsp3) is 0.600. The van der Waals surface area contributed by atoms with Crippen LogP contribution in [0.25, 0.3) is 0 Å². The van der Waals surface area contributed by atoms with Gasteiger partial charge in [-0.2, -0.15) is 11.8 Å². The quantitative estimate of drug-likeness (QED) is 0.269. The van der Waals surface area contributed by atoms with E-state index in [1.165, 1.54) is 12.2 Å². The molecule has 0 atom stereocenters. The zero-order valence-electron chi connectivity index (χ0n) is 13.6. The number of unbranched alkanes of at least 4 members (excludes halogenated alkanes) is 1. The normalized spacial score (nSPS) is 10.8. The van der Waals surface area contributed by atoms with Gasteiger partial charge in [0.15, 0.2) is 5.96 Å². The molecule has 0 aliphatic carbocycles. The Morgan fingerprint density at radius 2 is 2.14 bits per heavy atom. The van der Waals surface area contributed by atoms with Gasteiger partial charge in [0, 0.05) is 25.4 Å². The predicted molar refractivity (Wildman–Crippen MR) is 107 cm³/mol. The Morgan fingerprint density at radius 1 is 1.32 bits per heavy atom. The van der Waals surface area contributed by atoms with Crippen molar-refractivity contribution in [1.82, 2.24) is 15.6 Å². The SMILES string of the molecule is CCNC(=NCc1ccc(OC)nc1)NCCCCSC.I. The first kappa shape index (κ1) is 21.3. The minimum atomic E-state index is 0. The molecule has 0 fully saturated rings. The van der Waals surface area contributed by atoms with Gasteiger partial charge in [-0.25, -0.2) is 9.98 Å². The monoisotopic (exact) mass is 438 g/mol. The first-order valence-electron chi connectivity index (χ1n) is 7.30.